The quantitative estimate of drug-likeness (QED) is 0.778. The van der Waals surface area contributed by atoms with Gasteiger partial charge in [-0.05, 0) is 0 Å². The molecule has 0 aromatic carbocycles. The van der Waals surface area contributed by atoms with Crippen LogP contribution in [0.25, 0.3) is 0 Å². The number of thiazole rings is 1. The van der Waals surface area contributed by atoms with Crippen molar-refractivity contribution in [3.05, 3.63) is 10.0 Å². The number of nitrogens with zero attached hydrogens (tertiary/aromatic N) is 1. The van der Waals surface area contributed by atoms with Gasteiger partial charge in [0.25, 0.3) is 5.19 Å². The summed E-state index contributed by atoms with van der Waals surface area (Å²) >= 11 is 6.87. The van der Waals surface area contributed by atoms with Crippen LogP contribution < -0.4 is 4.74 Å². The second kappa shape index (κ2) is 4.99. The molecule has 0 saturated carbocycles. The largest absolute Gasteiger partial charge is 0.465 e. The Morgan fingerprint density at radius 1 is 1.69 bits per heavy atom. The number of halogens is 1. The van der Waals surface area contributed by atoms with E-state index in [1.807, 2.05) is 0 Å². The third-order valence-electron chi connectivity index (χ3n) is 2.09. The lowest BCUT2D eigenvalue weighted by Gasteiger charge is -2.06. The Kier molecular flexibility index (Phi) is 3.63. The fraction of sp³-hybridized carbons (Fsp3) is 0.556. The summed E-state index contributed by atoms with van der Waals surface area (Å²) in [6, 6.07) is 0. The van der Waals surface area contributed by atoms with Gasteiger partial charge in [-0.25, -0.2) is 4.79 Å². The van der Waals surface area contributed by atoms with Gasteiger partial charge in [-0.3, -0.25) is 0 Å². The topological polar surface area (TPSA) is 57.7 Å². The number of methoxy groups -OCH3 is 1. The van der Waals surface area contributed by atoms with Crippen LogP contribution in [0, 0.1) is 0 Å². The van der Waals surface area contributed by atoms with E-state index in [0.717, 1.165) is 17.8 Å². The summed E-state index contributed by atoms with van der Waals surface area (Å²) in [5.41, 5.74) is 0. The van der Waals surface area contributed by atoms with Crippen molar-refractivity contribution in [2.75, 3.05) is 20.3 Å². The minimum absolute atomic E-state index is 0.00675. The van der Waals surface area contributed by atoms with Crippen LogP contribution in [0.5, 0.6) is 5.19 Å². The molecule has 16 heavy (non-hydrogen) atoms. The second-order valence-corrected chi connectivity index (χ2v) is 4.51. The summed E-state index contributed by atoms with van der Waals surface area (Å²) in [4.78, 5) is 15.5. The third-order valence-corrected chi connectivity index (χ3v) is 3.40. The number of hydrogen-bond acceptors (Lipinski definition) is 6. The molecule has 5 nitrogen and oxygen atoms in total. The van der Waals surface area contributed by atoms with Gasteiger partial charge in [0.1, 0.15) is 6.10 Å². The summed E-state index contributed by atoms with van der Waals surface area (Å²) in [6.07, 6.45) is 0.817. The maximum Gasteiger partial charge on any atom is 0.351 e. The van der Waals surface area contributed by atoms with Crippen molar-refractivity contribution in [1.82, 2.24) is 4.98 Å². The minimum atomic E-state index is -0.500. The van der Waals surface area contributed by atoms with Gasteiger partial charge in [0.2, 0.25) is 0 Å². The molecule has 1 aliphatic heterocycles. The molecule has 0 bridgehead atoms. The maximum absolute atomic E-state index is 11.3. The molecular weight excluding hydrogens is 254 g/mol. The monoisotopic (exact) mass is 263 g/mol. The molecule has 0 spiro atoms. The smallest absolute Gasteiger partial charge is 0.351 e. The number of ether oxygens (including phenoxy) is 3. The molecule has 1 aromatic heterocycles. The first-order chi connectivity index (χ1) is 7.70. The van der Waals surface area contributed by atoms with Crippen LogP contribution in [0.15, 0.2) is 0 Å². The fourth-order valence-corrected chi connectivity index (χ4v) is 2.41. The lowest BCUT2D eigenvalue weighted by atomic mass is 10.3. The van der Waals surface area contributed by atoms with E-state index in [2.05, 4.69) is 9.72 Å². The SMILES string of the molecule is COC(=O)c1sc(OC2CCOC2)nc1Cl. The summed E-state index contributed by atoms with van der Waals surface area (Å²) in [5, 5.41) is 0.492. The molecule has 1 saturated heterocycles. The molecule has 0 aliphatic carbocycles. The molecule has 7 heteroatoms. The van der Waals surface area contributed by atoms with E-state index >= 15 is 0 Å². The van der Waals surface area contributed by atoms with Crippen molar-refractivity contribution in [2.45, 2.75) is 12.5 Å². The predicted molar refractivity (Wildman–Crippen MR) is 58.3 cm³/mol. The van der Waals surface area contributed by atoms with Gasteiger partial charge in [-0.2, -0.15) is 4.98 Å². The number of esters is 1. The van der Waals surface area contributed by atoms with Crippen LogP contribution in [0.3, 0.4) is 0 Å². The highest BCUT2D eigenvalue weighted by Gasteiger charge is 2.22. The van der Waals surface area contributed by atoms with Crippen molar-refractivity contribution in [1.29, 1.82) is 0 Å². The van der Waals surface area contributed by atoms with E-state index in [-0.39, 0.29) is 16.1 Å². The molecule has 1 atom stereocenters. The Balaban J connectivity index is 2.07. The number of aromatic nitrogens is 1. The molecule has 88 valence electrons. The predicted octanol–water partition coefficient (Wildman–Crippen LogP) is 1.75. The van der Waals surface area contributed by atoms with Crippen molar-refractivity contribution < 1.29 is 19.0 Å². The first kappa shape index (κ1) is 11.6. The Morgan fingerprint density at radius 2 is 2.50 bits per heavy atom. The Hall–Kier alpha value is -0.850. The van der Waals surface area contributed by atoms with Crippen LogP contribution in [0.2, 0.25) is 5.15 Å². The summed E-state index contributed by atoms with van der Waals surface area (Å²) < 4.78 is 15.3. The molecular formula is C9H10ClNO4S. The zero-order chi connectivity index (χ0) is 11.5. The number of rotatable bonds is 3. The highest BCUT2D eigenvalue weighted by molar-refractivity contribution is 7.15. The summed E-state index contributed by atoms with van der Waals surface area (Å²) in [6.45, 7) is 1.23. The lowest BCUT2D eigenvalue weighted by molar-refractivity contribution is 0.0606. The van der Waals surface area contributed by atoms with Crippen molar-refractivity contribution >= 4 is 28.9 Å². The molecule has 0 amide bonds. The fourth-order valence-electron chi connectivity index (χ4n) is 1.30. The third kappa shape index (κ3) is 2.45. The molecule has 0 N–H and O–H groups in total. The van der Waals surface area contributed by atoms with Crippen LogP contribution in [0.4, 0.5) is 0 Å². The van der Waals surface area contributed by atoms with Crippen LogP contribution in [-0.4, -0.2) is 37.4 Å². The Morgan fingerprint density at radius 3 is 3.12 bits per heavy atom. The van der Waals surface area contributed by atoms with E-state index < -0.39 is 5.97 Å². The van der Waals surface area contributed by atoms with Crippen LogP contribution >= 0.6 is 22.9 Å². The normalized spacial score (nSPS) is 19.8. The Bertz CT molecular complexity index is 389. The molecule has 0 radical (unpaired) electrons. The summed E-state index contributed by atoms with van der Waals surface area (Å²) in [7, 11) is 1.30. The number of carbonyl (C=O) groups excluding carboxylic acids is 1. The van der Waals surface area contributed by atoms with Crippen LogP contribution in [0.1, 0.15) is 16.1 Å². The van der Waals surface area contributed by atoms with Gasteiger partial charge in [0.15, 0.2) is 10.0 Å². The number of hydrogen-bond donors (Lipinski definition) is 0. The maximum atomic E-state index is 11.3. The average Bonchev–Trinajstić information content (AvgIpc) is 2.88. The minimum Gasteiger partial charge on any atom is -0.465 e. The van der Waals surface area contributed by atoms with E-state index in [0.29, 0.717) is 18.4 Å². The molecule has 2 rings (SSSR count). The first-order valence-electron chi connectivity index (χ1n) is 4.69. The van der Waals surface area contributed by atoms with E-state index in [9.17, 15) is 4.79 Å². The van der Waals surface area contributed by atoms with Crippen molar-refractivity contribution in [3.63, 3.8) is 0 Å². The highest BCUT2D eigenvalue weighted by atomic mass is 35.5. The van der Waals surface area contributed by atoms with E-state index in [4.69, 9.17) is 21.1 Å². The Labute approximate surface area is 101 Å². The van der Waals surface area contributed by atoms with Crippen molar-refractivity contribution in [2.24, 2.45) is 0 Å². The van der Waals surface area contributed by atoms with Gasteiger partial charge in [-0.15, -0.1) is 0 Å². The van der Waals surface area contributed by atoms with E-state index in [1.165, 1.54) is 7.11 Å². The van der Waals surface area contributed by atoms with Crippen LogP contribution in [-0.2, 0) is 9.47 Å². The van der Waals surface area contributed by atoms with E-state index in [1.54, 1.807) is 0 Å². The average molecular weight is 264 g/mol. The molecule has 1 fully saturated rings. The zero-order valence-electron chi connectivity index (χ0n) is 8.57. The lowest BCUT2D eigenvalue weighted by Crippen LogP contribution is -2.15. The zero-order valence-corrected chi connectivity index (χ0v) is 10.1. The van der Waals surface area contributed by atoms with Crippen molar-refractivity contribution in [3.8, 4) is 5.19 Å². The molecule has 1 unspecified atom stereocenters. The van der Waals surface area contributed by atoms with Gasteiger partial charge in [0, 0.05) is 6.42 Å². The molecule has 1 aromatic rings. The first-order valence-corrected chi connectivity index (χ1v) is 5.89. The standard InChI is InChI=1S/C9H10ClNO4S/c1-13-8(12)6-7(10)11-9(16-6)15-5-2-3-14-4-5/h5H,2-4H2,1H3. The number of carbonyl (C=O) groups is 1. The van der Waals surface area contributed by atoms with Gasteiger partial charge >= 0.3 is 5.97 Å². The van der Waals surface area contributed by atoms with Gasteiger partial charge in [-0.1, -0.05) is 22.9 Å². The molecule has 2 heterocycles. The molecule has 1 aliphatic rings. The second-order valence-electron chi connectivity index (χ2n) is 3.19. The highest BCUT2D eigenvalue weighted by Crippen LogP contribution is 2.30. The summed E-state index contributed by atoms with van der Waals surface area (Å²) in [5.74, 6) is -0.500. The van der Waals surface area contributed by atoms with Gasteiger partial charge in [0.05, 0.1) is 20.3 Å². The van der Waals surface area contributed by atoms with Gasteiger partial charge < -0.3 is 14.2 Å².